The number of imidazole rings is 1. The van der Waals surface area contributed by atoms with Gasteiger partial charge in [0, 0.05) is 20.0 Å². The van der Waals surface area contributed by atoms with E-state index in [4.69, 9.17) is 0 Å². The van der Waals surface area contributed by atoms with E-state index in [0.29, 0.717) is 12.8 Å². The number of imide groups is 1. The van der Waals surface area contributed by atoms with E-state index < -0.39 is 6.04 Å². The Balaban J connectivity index is 2.11. The van der Waals surface area contributed by atoms with E-state index in [1.165, 1.54) is 4.67 Å². The maximum absolute atomic E-state index is 12.8. The van der Waals surface area contributed by atoms with E-state index >= 15 is 0 Å². The van der Waals surface area contributed by atoms with Crippen molar-refractivity contribution in [3.8, 4) is 0 Å². The first-order chi connectivity index (χ1) is 11.8. The molecule has 25 heavy (non-hydrogen) atoms. The Morgan fingerprint density at radius 1 is 1.20 bits per heavy atom. The van der Waals surface area contributed by atoms with E-state index in [0.717, 1.165) is 23.1 Å². The fourth-order valence-electron chi connectivity index (χ4n) is 3.42. The third kappa shape index (κ3) is 3.02. The summed E-state index contributed by atoms with van der Waals surface area (Å²) in [7, 11) is 5.79. The van der Waals surface area contributed by atoms with Crippen molar-refractivity contribution in [3.05, 3.63) is 34.2 Å². The summed E-state index contributed by atoms with van der Waals surface area (Å²) in [6.07, 6.45) is 0.663. The molecule has 1 aliphatic rings. The number of aromatic nitrogens is 2. The first kappa shape index (κ1) is 17.8. The molecule has 3 rings (SSSR count). The third-order valence-corrected chi connectivity index (χ3v) is 5.49. The van der Waals surface area contributed by atoms with Crippen molar-refractivity contribution in [2.45, 2.75) is 25.4 Å². The molecule has 8 heteroatoms. The molecule has 1 aromatic heterocycles. The lowest BCUT2D eigenvalue weighted by Gasteiger charge is -2.30. The van der Waals surface area contributed by atoms with E-state index in [1.54, 1.807) is 22.8 Å². The molecule has 2 aromatic rings. The van der Waals surface area contributed by atoms with Crippen LogP contribution in [0.5, 0.6) is 0 Å². The molecule has 1 saturated heterocycles. The number of benzene rings is 1. The van der Waals surface area contributed by atoms with Crippen LogP contribution in [0, 0.1) is 0 Å². The Kier molecular flexibility index (Phi) is 4.80. The molecule has 2 unspecified atom stereocenters. The summed E-state index contributed by atoms with van der Waals surface area (Å²) in [5.74, 6) is -0.423. The fourth-order valence-corrected chi connectivity index (χ4v) is 4.15. The number of nitrogens with zero attached hydrogens (tertiary/aromatic N) is 4. The standard InChI is InChI=1S/C17H23N4O3P/c1-18(2)10-11-5-6-12-14(9-11)19(3)17(24)20(12)13-7-8-15(22)21(25-4)16(13)23/h5-6,9,13,25H,7-8,10H2,1-4H3. The van der Waals surface area contributed by atoms with Gasteiger partial charge in [-0.05, 0) is 53.6 Å². The van der Waals surface area contributed by atoms with Gasteiger partial charge in [0.15, 0.2) is 0 Å². The highest BCUT2D eigenvalue weighted by molar-refractivity contribution is 7.36. The van der Waals surface area contributed by atoms with Gasteiger partial charge in [-0.1, -0.05) is 6.07 Å². The molecule has 1 fully saturated rings. The van der Waals surface area contributed by atoms with Crippen LogP contribution in [0.15, 0.2) is 23.0 Å². The highest BCUT2D eigenvalue weighted by Gasteiger charge is 2.36. The molecule has 1 aromatic carbocycles. The Bertz CT molecular complexity index is 899. The summed E-state index contributed by atoms with van der Waals surface area (Å²) >= 11 is 0. The number of carbonyl (C=O) groups is 2. The van der Waals surface area contributed by atoms with Gasteiger partial charge in [0.25, 0.3) is 5.91 Å². The van der Waals surface area contributed by atoms with Gasteiger partial charge in [0.05, 0.1) is 11.0 Å². The molecule has 7 nitrogen and oxygen atoms in total. The van der Waals surface area contributed by atoms with Gasteiger partial charge in [0.2, 0.25) is 5.91 Å². The van der Waals surface area contributed by atoms with Crippen molar-refractivity contribution < 1.29 is 9.59 Å². The largest absolute Gasteiger partial charge is 0.329 e. The van der Waals surface area contributed by atoms with E-state index in [1.807, 2.05) is 32.3 Å². The molecule has 0 bridgehead atoms. The maximum Gasteiger partial charge on any atom is 0.329 e. The highest BCUT2D eigenvalue weighted by atomic mass is 31.1. The van der Waals surface area contributed by atoms with Crippen molar-refractivity contribution in [2.75, 3.05) is 20.8 Å². The number of amides is 2. The van der Waals surface area contributed by atoms with Gasteiger partial charge in [-0.25, -0.2) is 4.79 Å². The number of hydrogen-bond acceptors (Lipinski definition) is 4. The molecule has 134 valence electrons. The summed E-state index contributed by atoms with van der Waals surface area (Å²) in [5.41, 5.74) is 2.43. The van der Waals surface area contributed by atoms with Gasteiger partial charge in [-0.2, -0.15) is 0 Å². The Morgan fingerprint density at radius 2 is 1.92 bits per heavy atom. The van der Waals surface area contributed by atoms with Gasteiger partial charge >= 0.3 is 5.69 Å². The molecular weight excluding hydrogens is 339 g/mol. The van der Waals surface area contributed by atoms with Gasteiger partial charge in [0.1, 0.15) is 6.04 Å². The number of carbonyl (C=O) groups excluding carboxylic acids is 2. The molecule has 2 amide bonds. The molecule has 0 N–H and O–H groups in total. The predicted molar refractivity (Wildman–Crippen MR) is 98.9 cm³/mol. The average molecular weight is 362 g/mol. The number of hydrogen-bond donors (Lipinski definition) is 0. The van der Waals surface area contributed by atoms with Crippen LogP contribution >= 0.6 is 8.73 Å². The van der Waals surface area contributed by atoms with Crippen LogP contribution in [0.3, 0.4) is 0 Å². The monoisotopic (exact) mass is 362 g/mol. The van der Waals surface area contributed by atoms with Crippen LogP contribution in [0.2, 0.25) is 0 Å². The molecule has 0 spiro atoms. The van der Waals surface area contributed by atoms with Crippen molar-refractivity contribution in [2.24, 2.45) is 7.05 Å². The zero-order valence-corrected chi connectivity index (χ0v) is 15.9. The van der Waals surface area contributed by atoms with E-state index in [2.05, 4.69) is 4.90 Å². The molecule has 0 radical (unpaired) electrons. The maximum atomic E-state index is 12.8. The number of piperidine rings is 1. The number of rotatable bonds is 4. The highest BCUT2D eigenvalue weighted by Crippen LogP contribution is 2.31. The second kappa shape index (κ2) is 6.73. The van der Waals surface area contributed by atoms with Crippen molar-refractivity contribution in [1.82, 2.24) is 18.7 Å². The van der Waals surface area contributed by atoms with Gasteiger partial charge < -0.3 is 4.90 Å². The van der Waals surface area contributed by atoms with Crippen LogP contribution in [-0.2, 0) is 23.2 Å². The molecule has 0 saturated carbocycles. The average Bonchev–Trinajstić information content (AvgIpc) is 2.80. The SMILES string of the molecule is CPN1C(=O)CCC(n2c(=O)n(C)c3cc(CN(C)C)ccc32)C1=O. The van der Waals surface area contributed by atoms with E-state index in [9.17, 15) is 14.4 Å². The van der Waals surface area contributed by atoms with E-state index in [-0.39, 0.29) is 26.2 Å². The smallest absolute Gasteiger partial charge is 0.305 e. The van der Waals surface area contributed by atoms with Crippen molar-refractivity contribution in [1.29, 1.82) is 0 Å². The van der Waals surface area contributed by atoms with Gasteiger partial charge in [-0.3, -0.25) is 23.4 Å². The van der Waals surface area contributed by atoms with Crippen LogP contribution in [0.4, 0.5) is 0 Å². The summed E-state index contributed by atoms with van der Waals surface area (Å²) in [6, 6.07) is 5.26. The first-order valence-corrected chi connectivity index (χ1v) is 9.68. The minimum absolute atomic E-state index is 0.0806. The molecule has 2 heterocycles. The molecule has 1 aliphatic heterocycles. The quantitative estimate of drug-likeness (QED) is 0.608. The lowest BCUT2D eigenvalue weighted by atomic mass is 10.1. The zero-order valence-electron chi connectivity index (χ0n) is 14.9. The summed E-state index contributed by atoms with van der Waals surface area (Å²) < 4.78 is 4.41. The summed E-state index contributed by atoms with van der Waals surface area (Å²) in [6.45, 7) is 2.58. The second-order valence-corrected chi connectivity index (χ2v) is 7.51. The normalized spacial score (nSPS) is 19.1. The van der Waals surface area contributed by atoms with Crippen LogP contribution in [0.25, 0.3) is 11.0 Å². The lowest BCUT2D eigenvalue weighted by Crippen LogP contribution is -2.43. The molecular formula is C17H23N4O3P. The minimum Gasteiger partial charge on any atom is -0.305 e. The molecule has 0 aliphatic carbocycles. The second-order valence-electron chi connectivity index (χ2n) is 6.62. The van der Waals surface area contributed by atoms with Crippen molar-refractivity contribution >= 4 is 31.6 Å². The fraction of sp³-hybridized carbons (Fsp3) is 0.471. The Morgan fingerprint density at radius 3 is 2.56 bits per heavy atom. The third-order valence-electron chi connectivity index (χ3n) is 4.57. The van der Waals surface area contributed by atoms with Gasteiger partial charge in [-0.15, -0.1) is 0 Å². The predicted octanol–water partition coefficient (Wildman–Crippen LogP) is 1.31. The lowest BCUT2D eigenvalue weighted by molar-refractivity contribution is -0.144. The zero-order chi connectivity index (χ0) is 18.3. The molecule has 2 atom stereocenters. The Labute approximate surface area is 148 Å². The number of aryl methyl sites for hydroxylation is 1. The minimum atomic E-state index is -0.610. The van der Waals surface area contributed by atoms with Crippen LogP contribution in [0.1, 0.15) is 24.4 Å². The Hall–Kier alpha value is -1.98. The summed E-state index contributed by atoms with van der Waals surface area (Å²) in [4.78, 5) is 39.5. The number of fused-ring (bicyclic) bond motifs is 1. The van der Waals surface area contributed by atoms with Crippen LogP contribution in [-0.4, -0.2) is 51.3 Å². The summed E-state index contributed by atoms with van der Waals surface area (Å²) in [5, 5.41) is 0. The van der Waals surface area contributed by atoms with Crippen molar-refractivity contribution in [3.63, 3.8) is 0 Å². The first-order valence-electron chi connectivity index (χ1n) is 8.24. The van der Waals surface area contributed by atoms with Crippen LogP contribution < -0.4 is 5.69 Å². The topological polar surface area (TPSA) is 67.6 Å².